The molecule has 0 amide bonds. The zero-order valence-corrected chi connectivity index (χ0v) is 21.4. The lowest BCUT2D eigenvalue weighted by atomic mass is 9.35. The molecule has 33 heavy (non-hydrogen) atoms. The molecule has 184 valence electrons. The van der Waals surface area contributed by atoms with Gasteiger partial charge in [-0.3, -0.25) is 4.79 Å². The van der Waals surface area contributed by atoms with Gasteiger partial charge in [0.25, 0.3) is 0 Å². The van der Waals surface area contributed by atoms with Crippen molar-refractivity contribution in [2.24, 2.45) is 45.3 Å². The minimum Gasteiger partial charge on any atom is -0.481 e. The first-order chi connectivity index (χ1) is 15.3. The van der Waals surface area contributed by atoms with Gasteiger partial charge in [-0.1, -0.05) is 46.3 Å². The number of aliphatic carboxylic acids is 1. The van der Waals surface area contributed by atoms with E-state index in [1.54, 1.807) is 0 Å². The summed E-state index contributed by atoms with van der Waals surface area (Å²) in [6, 6.07) is 0. The van der Waals surface area contributed by atoms with Crippen LogP contribution in [0, 0.1) is 45.3 Å². The van der Waals surface area contributed by atoms with Crippen LogP contribution in [0.4, 0.5) is 0 Å². The average Bonchev–Trinajstić information content (AvgIpc) is 2.75. The van der Waals surface area contributed by atoms with Gasteiger partial charge in [-0.15, -0.1) is 0 Å². The summed E-state index contributed by atoms with van der Waals surface area (Å²) in [5.74, 6) is 0.765. The average molecular weight is 457 g/mol. The van der Waals surface area contributed by atoms with E-state index in [1.807, 2.05) is 0 Å². The van der Waals surface area contributed by atoms with Crippen molar-refractivity contribution in [3.63, 3.8) is 0 Å². The van der Waals surface area contributed by atoms with E-state index in [1.165, 1.54) is 16.7 Å². The standard InChI is InChI=1S/C29H44O4/c1-16-9-12-29(25(32)33)14-13-27(5)20(23(29)17(16)2)7-8-22-26(4)15-21(30)24(31)18(3)19(26)10-11-28(22,27)6/h7,16,18-19,21-22,24,30-31H,8-15H2,1-6H3,(H,32,33)/t16-,18+,19+,21?,22-,24?,26+,27-,28-,29+/m1/s1. The molecule has 0 aromatic carbocycles. The van der Waals surface area contributed by atoms with Crippen molar-refractivity contribution in [2.45, 2.75) is 105 Å². The van der Waals surface area contributed by atoms with E-state index >= 15 is 0 Å². The monoisotopic (exact) mass is 456 g/mol. The molecule has 0 radical (unpaired) electrons. The SMILES string of the molecule is CC1=C2C3=CC[C@@H]4[C@@]5(C)CC(O)C(O)[C@@H](C)[C@@H]5CC[C@@]4(C)[C@]3(C)CC[C@@]2(C(=O)O)CC[C@H]1C. The number of carbonyl (C=O) groups is 1. The second-order valence-corrected chi connectivity index (χ2v) is 13.3. The van der Waals surface area contributed by atoms with Gasteiger partial charge >= 0.3 is 5.97 Å². The van der Waals surface area contributed by atoms with E-state index in [0.29, 0.717) is 24.2 Å². The van der Waals surface area contributed by atoms with E-state index in [-0.39, 0.29) is 22.2 Å². The van der Waals surface area contributed by atoms with Gasteiger partial charge in [-0.05, 0) is 109 Å². The third-order valence-corrected chi connectivity index (χ3v) is 12.4. The Morgan fingerprint density at radius 2 is 1.73 bits per heavy atom. The molecule has 4 heteroatoms. The molecule has 2 unspecified atom stereocenters. The lowest BCUT2D eigenvalue weighted by Gasteiger charge is -2.69. The fourth-order valence-corrected chi connectivity index (χ4v) is 9.95. The number of allylic oxidation sites excluding steroid dienone is 3. The van der Waals surface area contributed by atoms with Gasteiger partial charge in [0.1, 0.15) is 0 Å². The third kappa shape index (κ3) is 2.74. The molecule has 5 rings (SSSR count). The summed E-state index contributed by atoms with van der Waals surface area (Å²) in [7, 11) is 0. The normalized spacial score (nSPS) is 53.9. The van der Waals surface area contributed by atoms with Crippen molar-refractivity contribution in [2.75, 3.05) is 0 Å². The van der Waals surface area contributed by atoms with Crippen molar-refractivity contribution in [3.8, 4) is 0 Å². The largest absolute Gasteiger partial charge is 0.481 e. The number of hydrogen-bond acceptors (Lipinski definition) is 3. The van der Waals surface area contributed by atoms with Gasteiger partial charge < -0.3 is 15.3 Å². The number of carboxylic acids is 1. The van der Waals surface area contributed by atoms with Gasteiger partial charge in [0, 0.05) is 0 Å². The maximum Gasteiger partial charge on any atom is 0.314 e. The highest BCUT2D eigenvalue weighted by molar-refractivity contribution is 5.82. The van der Waals surface area contributed by atoms with Crippen LogP contribution >= 0.6 is 0 Å². The van der Waals surface area contributed by atoms with Gasteiger partial charge in [-0.25, -0.2) is 0 Å². The van der Waals surface area contributed by atoms with Crippen LogP contribution in [0.1, 0.15) is 92.9 Å². The molecule has 0 bridgehead atoms. The lowest BCUT2D eigenvalue weighted by Crippen LogP contribution is -2.64. The van der Waals surface area contributed by atoms with E-state index in [4.69, 9.17) is 0 Å². The number of rotatable bonds is 1. The molecule has 3 saturated carbocycles. The van der Waals surface area contributed by atoms with Crippen LogP contribution in [-0.4, -0.2) is 33.5 Å². The Hall–Kier alpha value is -1.13. The van der Waals surface area contributed by atoms with Crippen LogP contribution in [0.25, 0.3) is 0 Å². The van der Waals surface area contributed by atoms with Crippen molar-refractivity contribution < 1.29 is 20.1 Å². The summed E-state index contributed by atoms with van der Waals surface area (Å²) < 4.78 is 0. The quantitative estimate of drug-likeness (QED) is 0.470. The molecule has 0 saturated heterocycles. The number of aliphatic hydroxyl groups excluding tert-OH is 2. The van der Waals surface area contributed by atoms with Crippen LogP contribution in [0.2, 0.25) is 0 Å². The Balaban J connectivity index is 1.65. The van der Waals surface area contributed by atoms with Crippen LogP contribution in [0.15, 0.2) is 22.8 Å². The molecule has 0 aliphatic heterocycles. The predicted octanol–water partition coefficient (Wildman–Crippen LogP) is 5.73. The minimum atomic E-state index is -0.716. The minimum absolute atomic E-state index is 0.0132. The first kappa shape index (κ1) is 23.6. The zero-order valence-electron chi connectivity index (χ0n) is 21.4. The first-order valence-electron chi connectivity index (χ1n) is 13.4. The summed E-state index contributed by atoms with van der Waals surface area (Å²) in [5, 5.41) is 31.9. The number of carboxylic acid groups (broad SMARTS) is 1. The highest BCUT2D eigenvalue weighted by Gasteiger charge is 2.67. The molecule has 0 aromatic heterocycles. The van der Waals surface area contributed by atoms with Gasteiger partial charge in [0.15, 0.2) is 0 Å². The summed E-state index contributed by atoms with van der Waals surface area (Å²) in [6.07, 6.45) is 8.32. The van der Waals surface area contributed by atoms with Crippen molar-refractivity contribution in [3.05, 3.63) is 22.8 Å². The molecule has 0 heterocycles. The fraction of sp³-hybridized carbons (Fsp3) is 0.828. The number of aliphatic hydroxyl groups is 2. The van der Waals surface area contributed by atoms with E-state index in [9.17, 15) is 20.1 Å². The van der Waals surface area contributed by atoms with Gasteiger partial charge in [0.2, 0.25) is 0 Å². The second-order valence-electron chi connectivity index (χ2n) is 13.3. The maximum absolute atomic E-state index is 12.7. The van der Waals surface area contributed by atoms with Crippen molar-refractivity contribution in [1.82, 2.24) is 0 Å². The molecule has 4 nitrogen and oxygen atoms in total. The number of hydrogen-bond donors (Lipinski definition) is 3. The molecular weight excluding hydrogens is 412 g/mol. The molecule has 10 atom stereocenters. The summed E-state index contributed by atoms with van der Waals surface area (Å²) in [5.41, 5.74) is 3.08. The Kier molecular flexibility index (Phi) is 5.15. The van der Waals surface area contributed by atoms with Crippen LogP contribution in [-0.2, 0) is 4.79 Å². The summed E-state index contributed by atoms with van der Waals surface area (Å²) in [6.45, 7) is 13.9. The van der Waals surface area contributed by atoms with Crippen LogP contribution in [0.5, 0.6) is 0 Å². The molecule has 5 aliphatic rings. The van der Waals surface area contributed by atoms with Gasteiger partial charge in [-0.2, -0.15) is 0 Å². The Bertz CT molecular complexity index is 934. The lowest BCUT2D eigenvalue weighted by molar-refractivity contribution is -0.200. The maximum atomic E-state index is 12.7. The first-order valence-corrected chi connectivity index (χ1v) is 13.4. The van der Waals surface area contributed by atoms with Crippen molar-refractivity contribution >= 4 is 5.97 Å². The third-order valence-electron chi connectivity index (χ3n) is 12.4. The molecule has 3 fully saturated rings. The second kappa shape index (κ2) is 7.20. The van der Waals surface area contributed by atoms with Gasteiger partial charge in [0.05, 0.1) is 17.6 Å². The molecule has 3 N–H and O–H groups in total. The summed E-state index contributed by atoms with van der Waals surface area (Å²) in [4.78, 5) is 12.7. The Morgan fingerprint density at radius 3 is 2.39 bits per heavy atom. The summed E-state index contributed by atoms with van der Waals surface area (Å²) >= 11 is 0. The predicted molar refractivity (Wildman–Crippen MR) is 129 cm³/mol. The highest BCUT2D eigenvalue weighted by atomic mass is 16.4. The van der Waals surface area contributed by atoms with Crippen LogP contribution < -0.4 is 0 Å². The fourth-order valence-electron chi connectivity index (χ4n) is 9.95. The van der Waals surface area contributed by atoms with Crippen LogP contribution in [0.3, 0.4) is 0 Å². The Morgan fingerprint density at radius 1 is 1.03 bits per heavy atom. The van der Waals surface area contributed by atoms with E-state index < -0.39 is 23.6 Å². The van der Waals surface area contributed by atoms with E-state index in [2.05, 4.69) is 47.6 Å². The number of fused-ring (bicyclic) bond motifs is 7. The highest BCUT2D eigenvalue weighted by Crippen LogP contribution is 2.74. The molecule has 5 aliphatic carbocycles. The molecular formula is C29H44O4. The smallest absolute Gasteiger partial charge is 0.314 e. The zero-order chi connectivity index (χ0) is 24.1. The Labute approximate surface area is 199 Å². The molecule has 0 spiro atoms. The molecule has 0 aromatic rings. The van der Waals surface area contributed by atoms with Crippen molar-refractivity contribution in [1.29, 1.82) is 0 Å². The van der Waals surface area contributed by atoms with E-state index in [0.717, 1.165) is 44.9 Å². The topological polar surface area (TPSA) is 77.8 Å².